The number of piperidine rings is 1. The van der Waals surface area contributed by atoms with Crippen LogP contribution in [0.3, 0.4) is 0 Å². The molecule has 1 heterocycles. The average molecular weight is 480 g/mol. The molecule has 1 N–H and O–H groups in total. The molecule has 1 amide bonds. The van der Waals surface area contributed by atoms with Gasteiger partial charge in [-0.2, -0.15) is 0 Å². The first kappa shape index (κ1) is 23.5. The van der Waals surface area contributed by atoms with Crippen molar-refractivity contribution in [2.75, 3.05) is 33.7 Å². The fourth-order valence-electron chi connectivity index (χ4n) is 3.46. The molecule has 0 aromatic carbocycles. The maximum atomic E-state index is 11.9. The normalized spacial score (nSPS) is 20.0. The van der Waals surface area contributed by atoms with Crippen LogP contribution >= 0.6 is 24.0 Å². The number of ether oxygens (including phenoxy) is 1. The summed E-state index contributed by atoms with van der Waals surface area (Å²) < 4.78 is 6.12. The fraction of sp³-hybridized carbons (Fsp3) is 0.895. The largest absolute Gasteiger partial charge is 0.372 e. The first-order valence-corrected chi connectivity index (χ1v) is 9.68. The second-order valence-electron chi connectivity index (χ2n) is 8.47. The van der Waals surface area contributed by atoms with Gasteiger partial charge in [0.05, 0.1) is 11.7 Å². The molecule has 2 rings (SSSR count). The van der Waals surface area contributed by atoms with E-state index >= 15 is 0 Å². The van der Waals surface area contributed by atoms with Gasteiger partial charge in [0.2, 0.25) is 5.91 Å². The van der Waals surface area contributed by atoms with E-state index in [9.17, 15) is 4.79 Å². The Balaban J connectivity index is 0.00000338. The second kappa shape index (κ2) is 10.7. The molecule has 0 bridgehead atoms. The Morgan fingerprint density at radius 3 is 2.23 bits per heavy atom. The van der Waals surface area contributed by atoms with Gasteiger partial charge in [-0.1, -0.05) is 12.8 Å². The molecule has 0 unspecified atom stereocenters. The van der Waals surface area contributed by atoms with E-state index in [0.717, 1.165) is 31.9 Å². The summed E-state index contributed by atoms with van der Waals surface area (Å²) in [5.74, 6) is 0.938. The number of nitrogens with one attached hydrogen (secondary N) is 1. The highest BCUT2D eigenvalue weighted by atomic mass is 127. The molecule has 0 aromatic rings. The maximum absolute atomic E-state index is 11.9. The molecule has 0 aromatic heterocycles. The van der Waals surface area contributed by atoms with Gasteiger partial charge in [0.25, 0.3) is 0 Å². The molecule has 1 saturated carbocycles. The first-order chi connectivity index (χ1) is 11.7. The molecule has 0 radical (unpaired) electrons. The molecule has 1 saturated heterocycles. The number of hydrogen-bond donors (Lipinski definition) is 1. The van der Waals surface area contributed by atoms with Crippen molar-refractivity contribution in [3.05, 3.63) is 0 Å². The Hall–Kier alpha value is -0.570. The molecule has 152 valence electrons. The Morgan fingerprint density at radius 2 is 1.73 bits per heavy atom. The molecule has 1 aliphatic carbocycles. The number of halogens is 1. The minimum absolute atomic E-state index is 0. The van der Waals surface area contributed by atoms with Crippen molar-refractivity contribution in [3.63, 3.8) is 0 Å². The van der Waals surface area contributed by atoms with Crippen LogP contribution in [0, 0.1) is 0 Å². The summed E-state index contributed by atoms with van der Waals surface area (Å²) in [6, 6.07) is 0.497. The maximum Gasteiger partial charge on any atom is 0.243 e. The molecule has 6 nitrogen and oxygen atoms in total. The summed E-state index contributed by atoms with van der Waals surface area (Å²) >= 11 is 0. The van der Waals surface area contributed by atoms with Gasteiger partial charge in [0.15, 0.2) is 5.96 Å². The van der Waals surface area contributed by atoms with Crippen molar-refractivity contribution < 1.29 is 9.53 Å². The van der Waals surface area contributed by atoms with E-state index < -0.39 is 0 Å². The zero-order valence-electron chi connectivity index (χ0n) is 17.1. The molecule has 2 fully saturated rings. The smallest absolute Gasteiger partial charge is 0.243 e. The van der Waals surface area contributed by atoms with E-state index in [1.54, 1.807) is 19.0 Å². The highest BCUT2D eigenvalue weighted by Crippen LogP contribution is 2.21. The third kappa shape index (κ3) is 7.98. The van der Waals surface area contributed by atoms with Crippen molar-refractivity contribution in [2.24, 2.45) is 4.99 Å². The lowest BCUT2D eigenvalue weighted by molar-refractivity contribution is -0.127. The number of hydrogen-bond acceptors (Lipinski definition) is 3. The van der Waals surface area contributed by atoms with Crippen molar-refractivity contribution in [1.29, 1.82) is 0 Å². The first-order valence-electron chi connectivity index (χ1n) is 9.68. The second-order valence-corrected chi connectivity index (χ2v) is 8.47. The highest BCUT2D eigenvalue weighted by Gasteiger charge is 2.27. The highest BCUT2D eigenvalue weighted by molar-refractivity contribution is 14.0. The summed E-state index contributed by atoms with van der Waals surface area (Å²) in [6.07, 6.45) is 7.28. The molecular weight excluding hydrogens is 443 g/mol. The molecular formula is C19H37IN4O2. The zero-order valence-corrected chi connectivity index (χ0v) is 19.4. The number of likely N-dealkylation sites (tertiary alicyclic amines) is 1. The minimum Gasteiger partial charge on any atom is -0.372 e. The van der Waals surface area contributed by atoms with E-state index in [2.05, 4.69) is 36.0 Å². The number of nitrogens with zero attached hydrogens (tertiary/aromatic N) is 3. The summed E-state index contributed by atoms with van der Waals surface area (Å²) in [5, 5.41) is 3.61. The van der Waals surface area contributed by atoms with Crippen molar-refractivity contribution in [1.82, 2.24) is 15.1 Å². The quantitative estimate of drug-likeness (QED) is 0.382. The van der Waals surface area contributed by atoms with Crippen LogP contribution in [0.2, 0.25) is 0 Å². The van der Waals surface area contributed by atoms with Crippen LogP contribution in [0.4, 0.5) is 0 Å². The Kier molecular flexibility index (Phi) is 9.64. The van der Waals surface area contributed by atoms with E-state index in [1.165, 1.54) is 25.7 Å². The number of carbonyl (C=O) groups is 1. The zero-order chi connectivity index (χ0) is 18.4. The van der Waals surface area contributed by atoms with Crippen LogP contribution in [0.5, 0.6) is 0 Å². The molecule has 2 aliphatic rings. The van der Waals surface area contributed by atoms with E-state index in [0.29, 0.717) is 12.1 Å². The van der Waals surface area contributed by atoms with Gasteiger partial charge in [-0.25, -0.2) is 4.99 Å². The summed E-state index contributed by atoms with van der Waals surface area (Å²) in [5.41, 5.74) is -0.0933. The lowest BCUT2D eigenvalue weighted by Gasteiger charge is -2.37. The minimum atomic E-state index is -0.0933. The molecule has 26 heavy (non-hydrogen) atoms. The third-order valence-electron chi connectivity index (χ3n) is 4.81. The van der Waals surface area contributed by atoms with Gasteiger partial charge in [0.1, 0.15) is 6.54 Å². The molecule has 1 aliphatic heterocycles. The number of carbonyl (C=O) groups excluding carboxylic acids is 1. The SMILES string of the molecule is CN(C)C(=O)CN=C(NC1CCCC1)N1CCC(OC(C)(C)C)CC1.I. The van der Waals surface area contributed by atoms with Crippen LogP contribution in [-0.2, 0) is 9.53 Å². The van der Waals surface area contributed by atoms with Crippen LogP contribution < -0.4 is 5.32 Å². The van der Waals surface area contributed by atoms with Gasteiger partial charge in [0, 0.05) is 33.2 Å². The van der Waals surface area contributed by atoms with E-state index in [-0.39, 0.29) is 42.0 Å². The summed E-state index contributed by atoms with van der Waals surface area (Å²) in [7, 11) is 3.55. The molecule has 0 spiro atoms. The lowest BCUT2D eigenvalue weighted by Crippen LogP contribution is -2.50. The number of guanidine groups is 1. The average Bonchev–Trinajstić information content (AvgIpc) is 3.03. The molecule has 7 heteroatoms. The summed E-state index contributed by atoms with van der Waals surface area (Å²) in [6.45, 7) is 8.40. The van der Waals surface area contributed by atoms with Crippen LogP contribution in [0.1, 0.15) is 59.3 Å². The predicted octanol–water partition coefficient (Wildman–Crippen LogP) is 2.86. The Labute approximate surface area is 176 Å². The van der Waals surface area contributed by atoms with Crippen LogP contribution in [0.25, 0.3) is 0 Å². The number of rotatable bonds is 4. The number of aliphatic imine (C=N–C) groups is 1. The van der Waals surface area contributed by atoms with Gasteiger partial charge in [-0.05, 0) is 46.5 Å². The van der Waals surface area contributed by atoms with Crippen molar-refractivity contribution >= 4 is 35.8 Å². The van der Waals surface area contributed by atoms with E-state index in [1.807, 2.05) is 0 Å². The summed E-state index contributed by atoms with van der Waals surface area (Å²) in [4.78, 5) is 20.5. The standard InChI is InChI=1S/C19H36N4O2.HI/c1-19(2,3)25-16-10-12-23(13-11-16)18(20-14-17(24)22(4)5)21-15-8-6-7-9-15;/h15-16H,6-14H2,1-5H3,(H,20,21);1H. The predicted molar refractivity (Wildman–Crippen MR) is 117 cm³/mol. The van der Waals surface area contributed by atoms with Gasteiger partial charge < -0.3 is 19.9 Å². The van der Waals surface area contributed by atoms with E-state index in [4.69, 9.17) is 4.74 Å². The number of likely N-dealkylation sites (N-methyl/N-ethyl adjacent to an activating group) is 1. The fourth-order valence-corrected chi connectivity index (χ4v) is 3.46. The monoisotopic (exact) mass is 480 g/mol. The van der Waals surface area contributed by atoms with Crippen LogP contribution in [0.15, 0.2) is 4.99 Å². The topological polar surface area (TPSA) is 57.2 Å². The van der Waals surface area contributed by atoms with Crippen LogP contribution in [-0.4, -0.2) is 73.1 Å². The Bertz CT molecular complexity index is 463. The Morgan fingerprint density at radius 1 is 1.15 bits per heavy atom. The van der Waals surface area contributed by atoms with Crippen molar-refractivity contribution in [3.8, 4) is 0 Å². The van der Waals surface area contributed by atoms with Gasteiger partial charge >= 0.3 is 0 Å². The lowest BCUT2D eigenvalue weighted by atomic mass is 10.1. The number of amides is 1. The van der Waals surface area contributed by atoms with Gasteiger partial charge in [-0.3, -0.25) is 4.79 Å². The van der Waals surface area contributed by atoms with Gasteiger partial charge in [-0.15, -0.1) is 24.0 Å². The van der Waals surface area contributed by atoms with Crippen molar-refractivity contribution in [2.45, 2.75) is 77.0 Å². The third-order valence-corrected chi connectivity index (χ3v) is 4.81. The molecule has 0 atom stereocenters.